The highest BCUT2D eigenvalue weighted by Gasteiger charge is 2.18. The van der Waals surface area contributed by atoms with Crippen LogP contribution >= 0.6 is 0 Å². The molecule has 0 unspecified atom stereocenters. The molecule has 1 nitrogen and oxygen atoms in total. The van der Waals surface area contributed by atoms with E-state index in [1.807, 2.05) is 0 Å². The smallest absolute Gasteiger partial charge is 0.0540 e. The van der Waals surface area contributed by atoms with Crippen LogP contribution in [0.15, 0.2) is 12.2 Å². The highest BCUT2D eigenvalue weighted by Crippen LogP contribution is 2.28. The standard InChI is InChI=1S/C10H18O/c1-8(2)7-9-3-5-10(11)6-4-9/h9-11H,1,3-7H2,2H3. The molecule has 1 heteroatoms. The molecule has 11 heavy (non-hydrogen) atoms. The molecule has 1 aliphatic carbocycles. The van der Waals surface area contributed by atoms with Gasteiger partial charge in [-0.2, -0.15) is 0 Å². The molecular weight excluding hydrogens is 136 g/mol. The number of aliphatic hydroxyl groups is 1. The molecule has 1 fully saturated rings. The van der Waals surface area contributed by atoms with Crippen LogP contribution < -0.4 is 0 Å². The lowest BCUT2D eigenvalue weighted by Gasteiger charge is -2.25. The van der Waals surface area contributed by atoms with Gasteiger partial charge in [-0.15, -0.1) is 6.58 Å². The van der Waals surface area contributed by atoms with Gasteiger partial charge in [0.1, 0.15) is 0 Å². The van der Waals surface area contributed by atoms with E-state index in [4.69, 9.17) is 0 Å². The van der Waals surface area contributed by atoms with Crippen molar-refractivity contribution >= 4 is 0 Å². The zero-order valence-electron chi connectivity index (χ0n) is 7.34. The van der Waals surface area contributed by atoms with Crippen LogP contribution in [0, 0.1) is 5.92 Å². The fraction of sp³-hybridized carbons (Fsp3) is 0.800. The van der Waals surface area contributed by atoms with Gasteiger partial charge in [0.15, 0.2) is 0 Å². The second kappa shape index (κ2) is 3.91. The van der Waals surface area contributed by atoms with Gasteiger partial charge < -0.3 is 5.11 Å². The van der Waals surface area contributed by atoms with Crippen LogP contribution in [0.4, 0.5) is 0 Å². The topological polar surface area (TPSA) is 20.2 Å². The third-order valence-electron chi connectivity index (χ3n) is 2.45. The number of rotatable bonds is 2. The maximum atomic E-state index is 9.24. The zero-order valence-corrected chi connectivity index (χ0v) is 7.34. The Morgan fingerprint density at radius 2 is 1.91 bits per heavy atom. The van der Waals surface area contributed by atoms with Gasteiger partial charge in [-0.05, 0) is 44.9 Å². The minimum atomic E-state index is -0.0172. The van der Waals surface area contributed by atoms with Crippen LogP contribution in [-0.4, -0.2) is 11.2 Å². The molecule has 1 aliphatic rings. The summed E-state index contributed by atoms with van der Waals surface area (Å²) in [5.41, 5.74) is 1.28. The molecule has 0 aromatic heterocycles. The van der Waals surface area contributed by atoms with Crippen LogP contribution in [0.25, 0.3) is 0 Å². The van der Waals surface area contributed by atoms with E-state index in [0.717, 1.165) is 25.2 Å². The van der Waals surface area contributed by atoms with Crippen LogP contribution in [0.1, 0.15) is 39.0 Å². The molecule has 1 saturated carbocycles. The number of allylic oxidation sites excluding steroid dienone is 1. The highest BCUT2D eigenvalue weighted by atomic mass is 16.3. The van der Waals surface area contributed by atoms with E-state index in [9.17, 15) is 5.11 Å². The molecule has 1 N–H and O–H groups in total. The third-order valence-corrected chi connectivity index (χ3v) is 2.45. The summed E-state index contributed by atoms with van der Waals surface area (Å²) in [6.45, 7) is 5.99. The van der Waals surface area contributed by atoms with Crippen molar-refractivity contribution in [3.8, 4) is 0 Å². The van der Waals surface area contributed by atoms with Gasteiger partial charge in [-0.25, -0.2) is 0 Å². The molecule has 1 rings (SSSR count). The summed E-state index contributed by atoms with van der Waals surface area (Å²) in [6.07, 6.45) is 5.52. The fourth-order valence-corrected chi connectivity index (χ4v) is 1.84. The Morgan fingerprint density at radius 3 is 2.36 bits per heavy atom. The monoisotopic (exact) mass is 154 g/mol. The van der Waals surface area contributed by atoms with Gasteiger partial charge in [0.2, 0.25) is 0 Å². The minimum Gasteiger partial charge on any atom is -0.393 e. The fourth-order valence-electron chi connectivity index (χ4n) is 1.84. The van der Waals surface area contributed by atoms with E-state index in [-0.39, 0.29) is 6.10 Å². The number of hydrogen-bond donors (Lipinski definition) is 1. The van der Waals surface area contributed by atoms with E-state index in [1.165, 1.54) is 18.4 Å². The summed E-state index contributed by atoms with van der Waals surface area (Å²) in [5, 5.41) is 9.24. The summed E-state index contributed by atoms with van der Waals surface area (Å²) in [4.78, 5) is 0. The molecule has 0 amide bonds. The predicted octanol–water partition coefficient (Wildman–Crippen LogP) is 2.50. The molecule has 0 saturated heterocycles. The Labute approximate surface area is 69.1 Å². The largest absolute Gasteiger partial charge is 0.393 e. The van der Waals surface area contributed by atoms with E-state index >= 15 is 0 Å². The Balaban J connectivity index is 2.22. The van der Waals surface area contributed by atoms with Crippen LogP contribution in [0.5, 0.6) is 0 Å². The second-order valence-corrected chi connectivity index (χ2v) is 3.84. The van der Waals surface area contributed by atoms with Crippen molar-refractivity contribution in [1.29, 1.82) is 0 Å². The summed E-state index contributed by atoms with van der Waals surface area (Å²) >= 11 is 0. The van der Waals surface area contributed by atoms with Crippen molar-refractivity contribution in [2.45, 2.75) is 45.1 Å². The van der Waals surface area contributed by atoms with Crippen molar-refractivity contribution in [3.63, 3.8) is 0 Å². The van der Waals surface area contributed by atoms with E-state index in [0.29, 0.717) is 0 Å². The zero-order chi connectivity index (χ0) is 8.27. The van der Waals surface area contributed by atoms with Gasteiger partial charge in [-0.3, -0.25) is 0 Å². The first-order valence-corrected chi connectivity index (χ1v) is 4.51. The van der Waals surface area contributed by atoms with Gasteiger partial charge in [0, 0.05) is 0 Å². The Morgan fingerprint density at radius 1 is 1.36 bits per heavy atom. The van der Waals surface area contributed by atoms with Gasteiger partial charge in [0.25, 0.3) is 0 Å². The second-order valence-electron chi connectivity index (χ2n) is 3.84. The van der Waals surface area contributed by atoms with Crippen molar-refractivity contribution < 1.29 is 5.11 Å². The lowest BCUT2D eigenvalue weighted by atomic mass is 9.84. The van der Waals surface area contributed by atoms with Gasteiger partial charge >= 0.3 is 0 Å². The molecule has 0 heterocycles. The van der Waals surface area contributed by atoms with Crippen LogP contribution in [-0.2, 0) is 0 Å². The number of aliphatic hydroxyl groups excluding tert-OH is 1. The summed E-state index contributed by atoms with van der Waals surface area (Å²) in [5.74, 6) is 0.802. The van der Waals surface area contributed by atoms with Crippen LogP contribution in [0.3, 0.4) is 0 Å². The van der Waals surface area contributed by atoms with Crippen LogP contribution in [0.2, 0.25) is 0 Å². The maximum absolute atomic E-state index is 9.24. The molecule has 0 bridgehead atoms. The van der Waals surface area contributed by atoms with Gasteiger partial charge in [0.05, 0.1) is 6.10 Å². The first-order chi connectivity index (χ1) is 5.18. The first-order valence-electron chi connectivity index (χ1n) is 4.51. The Hall–Kier alpha value is -0.300. The van der Waals surface area contributed by atoms with E-state index in [1.54, 1.807) is 0 Å². The van der Waals surface area contributed by atoms with Crippen molar-refractivity contribution in [2.24, 2.45) is 5.92 Å². The average Bonchev–Trinajstić information content (AvgIpc) is 1.93. The minimum absolute atomic E-state index is 0.0172. The van der Waals surface area contributed by atoms with Gasteiger partial charge in [-0.1, -0.05) is 5.57 Å². The predicted molar refractivity (Wildman–Crippen MR) is 47.4 cm³/mol. The molecule has 0 spiro atoms. The molecule has 0 atom stereocenters. The Bertz CT molecular complexity index is 132. The normalized spacial score (nSPS) is 31.8. The lowest BCUT2D eigenvalue weighted by Crippen LogP contribution is -2.18. The molecule has 0 aliphatic heterocycles. The lowest BCUT2D eigenvalue weighted by molar-refractivity contribution is 0.109. The molecule has 64 valence electrons. The highest BCUT2D eigenvalue weighted by molar-refractivity contribution is 4.91. The number of hydrogen-bond acceptors (Lipinski definition) is 1. The quantitative estimate of drug-likeness (QED) is 0.606. The summed E-state index contributed by atoms with van der Waals surface area (Å²) < 4.78 is 0. The molecule has 0 radical (unpaired) electrons. The Kier molecular flexibility index (Phi) is 3.13. The first kappa shape index (κ1) is 8.79. The molecule has 0 aromatic rings. The third kappa shape index (κ3) is 3.06. The molecular formula is C10H18O. The summed E-state index contributed by atoms with van der Waals surface area (Å²) in [7, 11) is 0. The van der Waals surface area contributed by atoms with Crippen molar-refractivity contribution in [2.75, 3.05) is 0 Å². The SMILES string of the molecule is C=C(C)CC1CCC(O)CC1. The average molecular weight is 154 g/mol. The van der Waals surface area contributed by atoms with Crippen molar-refractivity contribution in [3.05, 3.63) is 12.2 Å². The van der Waals surface area contributed by atoms with Crippen molar-refractivity contribution in [1.82, 2.24) is 0 Å². The van der Waals surface area contributed by atoms with E-state index in [2.05, 4.69) is 13.5 Å². The maximum Gasteiger partial charge on any atom is 0.0540 e. The van der Waals surface area contributed by atoms with E-state index < -0.39 is 0 Å². The summed E-state index contributed by atoms with van der Waals surface area (Å²) in [6, 6.07) is 0. The molecule has 0 aromatic carbocycles.